The van der Waals surface area contributed by atoms with Gasteiger partial charge in [0.05, 0.1) is 22.1 Å². The van der Waals surface area contributed by atoms with Gasteiger partial charge in [-0.1, -0.05) is 87.8 Å². The lowest BCUT2D eigenvalue weighted by molar-refractivity contribution is 1.05. The SMILES string of the molecule is Cc1ccc2[nH]c(C(Cl)(Cl)Cl)nc2c1-c1ccc(C)c2nc(C(Cl)(Cl)Cl)[nH]c12. The van der Waals surface area contributed by atoms with E-state index in [2.05, 4.69) is 19.9 Å². The van der Waals surface area contributed by atoms with Crippen LogP contribution in [0.25, 0.3) is 33.2 Å². The van der Waals surface area contributed by atoms with Gasteiger partial charge in [0.1, 0.15) is 0 Å². The van der Waals surface area contributed by atoms with Gasteiger partial charge in [-0.3, -0.25) is 0 Å². The Hall–Kier alpha value is -0.880. The molecule has 0 aliphatic carbocycles. The van der Waals surface area contributed by atoms with E-state index in [1.807, 2.05) is 38.1 Å². The van der Waals surface area contributed by atoms with Gasteiger partial charge in [-0.15, -0.1) is 0 Å². The van der Waals surface area contributed by atoms with Crippen LogP contribution in [0.1, 0.15) is 22.8 Å². The minimum atomic E-state index is -1.67. The Kier molecular flexibility index (Phi) is 4.98. The van der Waals surface area contributed by atoms with E-state index in [1.165, 1.54) is 0 Å². The van der Waals surface area contributed by atoms with Crippen molar-refractivity contribution in [2.24, 2.45) is 0 Å². The van der Waals surface area contributed by atoms with Crippen LogP contribution in [0, 0.1) is 13.8 Å². The summed E-state index contributed by atoms with van der Waals surface area (Å²) >= 11 is 36.2. The Morgan fingerprint density at radius 2 is 1.29 bits per heavy atom. The number of benzene rings is 2. The molecule has 4 nitrogen and oxygen atoms in total. The molecule has 146 valence electrons. The number of aromatic amines is 2. The molecule has 10 heteroatoms. The first-order valence-corrected chi connectivity index (χ1v) is 10.4. The molecule has 0 aliphatic heterocycles. The van der Waals surface area contributed by atoms with Crippen molar-refractivity contribution in [3.8, 4) is 11.1 Å². The van der Waals surface area contributed by atoms with Crippen LogP contribution in [-0.2, 0) is 7.59 Å². The third-order valence-corrected chi connectivity index (χ3v) is 5.59. The maximum absolute atomic E-state index is 6.04. The summed E-state index contributed by atoms with van der Waals surface area (Å²) in [6.07, 6.45) is 0. The fourth-order valence-electron chi connectivity index (χ4n) is 3.22. The summed E-state index contributed by atoms with van der Waals surface area (Å²) in [5, 5.41) is 0. The largest absolute Gasteiger partial charge is 0.338 e. The van der Waals surface area contributed by atoms with Gasteiger partial charge in [0.2, 0.25) is 7.59 Å². The summed E-state index contributed by atoms with van der Waals surface area (Å²) in [5.74, 6) is 0.492. The van der Waals surface area contributed by atoms with E-state index in [0.29, 0.717) is 11.0 Å². The van der Waals surface area contributed by atoms with Crippen molar-refractivity contribution >= 4 is 91.7 Å². The number of halogens is 6. The van der Waals surface area contributed by atoms with Gasteiger partial charge in [0.15, 0.2) is 11.6 Å². The fourth-order valence-corrected chi connectivity index (χ4v) is 3.75. The maximum atomic E-state index is 6.04. The van der Waals surface area contributed by atoms with E-state index < -0.39 is 7.59 Å². The highest BCUT2D eigenvalue weighted by Crippen LogP contribution is 2.42. The average molecular weight is 497 g/mol. The van der Waals surface area contributed by atoms with Crippen LogP contribution >= 0.6 is 69.6 Å². The van der Waals surface area contributed by atoms with Crippen LogP contribution in [-0.4, -0.2) is 19.9 Å². The Labute approximate surface area is 190 Å². The number of hydrogen-bond acceptors (Lipinski definition) is 2. The van der Waals surface area contributed by atoms with Crippen molar-refractivity contribution in [3.05, 3.63) is 47.0 Å². The summed E-state index contributed by atoms with van der Waals surface area (Å²) in [4.78, 5) is 15.2. The van der Waals surface area contributed by atoms with E-state index in [9.17, 15) is 0 Å². The number of aryl methyl sites for hydroxylation is 2. The van der Waals surface area contributed by atoms with Crippen LogP contribution in [0.3, 0.4) is 0 Å². The number of nitrogens with zero attached hydrogens (tertiary/aromatic N) is 2. The standard InChI is InChI=1S/C18H12Cl6N4/c1-7-4-6-10-14(28-15(25-10)17(19,20)21)11(7)9-5-3-8(2)12-13(9)27-16(26-12)18(22,23)24/h3-6H,1-2H3,(H,25,28)(H,26,27). The molecule has 0 spiro atoms. The monoisotopic (exact) mass is 494 g/mol. The minimum absolute atomic E-state index is 0.245. The molecular weight excluding hydrogens is 485 g/mol. The molecule has 2 aromatic carbocycles. The van der Waals surface area contributed by atoms with Crippen molar-refractivity contribution in [1.29, 1.82) is 0 Å². The van der Waals surface area contributed by atoms with Crippen molar-refractivity contribution in [2.75, 3.05) is 0 Å². The second-order valence-corrected chi connectivity index (χ2v) is 11.0. The van der Waals surface area contributed by atoms with Crippen LogP contribution in [0.4, 0.5) is 0 Å². The van der Waals surface area contributed by atoms with Gasteiger partial charge in [0, 0.05) is 11.1 Å². The lowest BCUT2D eigenvalue weighted by Gasteiger charge is -2.09. The predicted octanol–water partition coefficient (Wildman–Crippen LogP) is 7.38. The molecule has 4 rings (SSSR count). The van der Waals surface area contributed by atoms with Crippen LogP contribution in [0.2, 0.25) is 0 Å². The molecule has 0 saturated carbocycles. The summed E-state index contributed by atoms with van der Waals surface area (Å²) in [7, 11) is 0. The average Bonchev–Trinajstić information content (AvgIpc) is 3.20. The zero-order chi connectivity index (χ0) is 20.4. The smallest absolute Gasteiger partial charge is 0.248 e. The maximum Gasteiger partial charge on any atom is 0.248 e. The number of hydrogen-bond donors (Lipinski definition) is 2. The normalized spacial score (nSPS) is 13.0. The Morgan fingerprint density at radius 3 is 1.93 bits per heavy atom. The quantitative estimate of drug-likeness (QED) is 0.270. The summed E-state index contributed by atoms with van der Waals surface area (Å²) in [5.41, 5.74) is 6.56. The van der Waals surface area contributed by atoms with E-state index in [1.54, 1.807) is 0 Å². The highest BCUT2D eigenvalue weighted by molar-refractivity contribution is 6.67. The molecule has 4 aromatic rings. The zero-order valence-electron chi connectivity index (χ0n) is 14.5. The Balaban J connectivity index is 2.06. The van der Waals surface area contributed by atoms with Crippen LogP contribution in [0.5, 0.6) is 0 Å². The number of nitrogens with one attached hydrogen (secondary N) is 2. The van der Waals surface area contributed by atoms with E-state index in [4.69, 9.17) is 69.6 Å². The molecule has 28 heavy (non-hydrogen) atoms. The van der Waals surface area contributed by atoms with Gasteiger partial charge in [-0.25, -0.2) is 9.97 Å². The number of rotatable bonds is 1. The molecule has 0 atom stereocenters. The van der Waals surface area contributed by atoms with Gasteiger partial charge in [-0.2, -0.15) is 0 Å². The molecule has 0 amide bonds. The first-order valence-electron chi connectivity index (χ1n) is 8.10. The lowest BCUT2D eigenvalue weighted by atomic mass is 9.96. The second kappa shape index (κ2) is 6.83. The van der Waals surface area contributed by atoms with E-state index in [-0.39, 0.29) is 11.6 Å². The molecular formula is C18H12Cl6N4. The predicted molar refractivity (Wildman–Crippen MR) is 119 cm³/mol. The number of H-pyrrole nitrogens is 2. The van der Waals surface area contributed by atoms with Gasteiger partial charge in [0.25, 0.3) is 0 Å². The van der Waals surface area contributed by atoms with E-state index in [0.717, 1.165) is 33.3 Å². The van der Waals surface area contributed by atoms with Crippen molar-refractivity contribution in [1.82, 2.24) is 19.9 Å². The minimum Gasteiger partial charge on any atom is -0.338 e. The second-order valence-electron chi connectivity index (χ2n) is 6.47. The van der Waals surface area contributed by atoms with Crippen LogP contribution in [0.15, 0.2) is 24.3 Å². The van der Waals surface area contributed by atoms with Crippen molar-refractivity contribution in [2.45, 2.75) is 21.4 Å². The molecule has 0 unspecified atom stereocenters. The molecule has 0 radical (unpaired) electrons. The Bertz CT molecular complexity index is 1210. The van der Waals surface area contributed by atoms with Crippen molar-refractivity contribution in [3.63, 3.8) is 0 Å². The molecule has 2 heterocycles. The molecule has 0 aliphatic rings. The van der Waals surface area contributed by atoms with Crippen molar-refractivity contribution < 1.29 is 0 Å². The topological polar surface area (TPSA) is 57.4 Å². The molecule has 2 N–H and O–H groups in total. The molecule has 0 fully saturated rings. The van der Waals surface area contributed by atoms with Gasteiger partial charge in [-0.05, 0) is 31.0 Å². The highest BCUT2D eigenvalue weighted by Gasteiger charge is 2.30. The zero-order valence-corrected chi connectivity index (χ0v) is 19.0. The van der Waals surface area contributed by atoms with Gasteiger partial charge < -0.3 is 9.97 Å². The number of imidazole rings is 2. The summed E-state index contributed by atoms with van der Waals surface area (Å²) in [6.45, 7) is 3.93. The lowest BCUT2D eigenvalue weighted by Crippen LogP contribution is -2.02. The van der Waals surface area contributed by atoms with Crippen LogP contribution < -0.4 is 0 Å². The summed E-state index contributed by atoms with van der Waals surface area (Å²) < 4.78 is -3.33. The van der Waals surface area contributed by atoms with Gasteiger partial charge >= 0.3 is 0 Å². The molecule has 0 saturated heterocycles. The van der Waals surface area contributed by atoms with E-state index >= 15 is 0 Å². The molecule has 0 bridgehead atoms. The first-order chi connectivity index (χ1) is 13.0. The first kappa shape index (κ1) is 20.4. The third-order valence-electron chi connectivity index (χ3n) is 4.52. The number of aromatic nitrogens is 4. The summed E-state index contributed by atoms with van der Waals surface area (Å²) in [6, 6.07) is 7.80. The fraction of sp³-hybridized carbons (Fsp3) is 0.222. The number of alkyl halides is 6. The Morgan fingerprint density at radius 1 is 0.714 bits per heavy atom. The number of fused-ring (bicyclic) bond motifs is 2. The molecule has 2 aromatic heterocycles. The highest BCUT2D eigenvalue weighted by atomic mass is 35.6. The third kappa shape index (κ3) is 3.45.